The molecule has 0 radical (unpaired) electrons. The number of ether oxygens (including phenoxy) is 4. The van der Waals surface area contributed by atoms with Crippen molar-refractivity contribution in [3.8, 4) is 0 Å². The smallest absolute Gasteiger partial charge is 0.462 e. The first-order chi connectivity index (χ1) is 48.7. The highest BCUT2D eigenvalue weighted by atomic mass is 31.2. The molecule has 582 valence electrons. The lowest BCUT2D eigenvalue weighted by atomic mass is 10.0. The number of hydrogen-bond acceptors (Lipinski definition) is 15. The van der Waals surface area contributed by atoms with E-state index in [1.54, 1.807) is 0 Å². The van der Waals surface area contributed by atoms with Crippen LogP contribution in [0.5, 0.6) is 0 Å². The van der Waals surface area contributed by atoms with Crippen LogP contribution < -0.4 is 0 Å². The van der Waals surface area contributed by atoms with Crippen molar-refractivity contribution < 1.29 is 80.2 Å². The molecule has 0 amide bonds. The molecule has 17 nitrogen and oxygen atoms in total. The standard InChI is InChI=1S/C81H146O17P2/c1-5-9-13-17-21-25-29-33-37-41-45-49-53-57-61-65-78(83)91-71-76(97-80(85)67-63-59-55-51-47-43-39-35-31-27-23-19-15-11-7-3)73-95-99(87,88)93-69-75(82)70-94-100(89,90)96-74-77(98-81(86)68-64-60-56-52-48-44-40-36-32-28-24-20-16-12-8-4)72-92-79(84)66-62-58-54-50-46-42-38-34-30-26-22-18-14-10-6-2/h21,23-25,27-28,33,35-37,39-40,75-77,82H,5-20,22,26,29-32,34,38,41-74H2,1-4H3,(H,87,88)(H,89,90)/b25-21+,27-23-,28-24+,37-33+,39-35-,40-36+/t75-,76+,77+/m0/s1. The van der Waals surface area contributed by atoms with E-state index in [4.69, 9.17) is 37.0 Å². The van der Waals surface area contributed by atoms with Crippen LogP contribution in [0.1, 0.15) is 362 Å². The number of esters is 4. The molecule has 0 fully saturated rings. The van der Waals surface area contributed by atoms with Gasteiger partial charge in [-0.2, -0.15) is 0 Å². The summed E-state index contributed by atoms with van der Waals surface area (Å²) in [7, 11) is -9.95. The fourth-order valence-corrected chi connectivity index (χ4v) is 12.5. The van der Waals surface area contributed by atoms with Crippen molar-refractivity contribution in [2.75, 3.05) is 39.6 Å². The monoisotopic (exact) mass is 1450 g/mol. The Bertz CT molecular complexity index is 2180. The van der Waals surface area contributed by atoms with Gasteiger partial charge in [0.05, 0.1) is 26.4 Å². The quantitative estimate of drug-likeness (QED) is 0.0169. The Balaban J connectivity index is 5.36. The lowest BCUT2D eigenvalue weighted by Gasteiger charge is -2.21. The zero-order valence-electron chi connectivity index (χ0n) is 63.6. The number of unbranched alkanes of at least 4 members (excludes halogenated alkanes) is 38. The van der Waals surface area contributed by atoms with Gasteiger partial charge in [0, 0.05) is 25.7 Å². The summed E-state index contributed by atoms with van der Waals surface area (Å²) in [6.45, 7) is 4.81. The highest BCUT2D eigenvalue weighted by Crippen LogP contribution is 2.45. The Morgan fingerprint density at radius 2 is 0.490 bits per heavy atom. The molecule has 0 aromatic rings. The second kappa shape index (κ2) is 73.8. The summed E-state index contributed by atoms with van der Waals surface area (Å²) >= 11 is 0. The van der Waals surface area contributed by atoms with Crippen LogP contribution in [-0.2, 0) is 65.4 Å². The maximum atomic E-state index is 13.1. The minimum atomic E-state index is -4.98. The van der Waals surface area contributed by atoms with E-state index in [1.165, 1.54) is 128 Å². The molecular formula is C81H146O17P2. The maximum Gasteiger partial charge on any atom is 0.472 e. The van der Waals surface area contributed by atoms with E-state index in [0.29, 0.717) is 25.7 Å². The molecule has 5 atom stereocenters. The fraction of sp³-hybridized carbons (Fsp3) is 0.802. The number of rotatable bonds is 76. The molecule has 3 N–H and O–H groups in total. The van der Waals surface area contributed by atoms with E-state index >= 15 is 0 Å². The van der Waals surface area contributed by atoms with Crippen molar-refractivity contribution in [2.24, 2.45) is 0 Å². The number of aliphatic hydroxyl groups is 1. The summed E-state index contributed by atoms with van der Waals surface area (Å²) in [5.41, 5.74) is 0. The van der Waals surface area contributed by atoms with Gasteiger partial charge in [-0.3, -0.25) is 37.3 Å². The molecule has 0 aromatic heterocycles. The summed E-state index contributed by atoms with van der Waals surface area (Å²) in [5, 5.41) is 10.6. The van der Waals surface area contributed by atoms with Crippen LogP contribution in [0, 0.1) is 0 Å². The van der Waals surface area contributed by atoms with Crippen LogP contribution in [0.3, 0.4) is 0 Å². The normalized spacial score (nSPS) is 14.3. The second-order valence-electron chi connectivity index (χ2n) is 27.0. The third kappa shape index (κ3) is 72.8. The number of carbonyl (C=O) groups is 4. The molecule has 0 spiro atoms. The number of hydrogen-bond donors (Lipinski definition) is 3. The summed E-state index contributed by atoms with van der Waals surface area (Å²) in [5.74, 6) is -2.19. The average molecular weight is 1450 g/mol. The highest BCUT2D eigenvalue weighted by Gasteiger charge is 2.30. The maximum absolute atomic E-state index is 13.1. The van der Waals surface area contributed by atoms with Gasteiger partial charge >= 0.3 is 39.5 Å². The van der Waals surface area contributed by atoms with E-state index in [1.807, 2.05) is 0 Å². The molecule has 0 saturated carbocycles. The van der Waals surface area contributed by atoms with Gasteiger partial charge in [0.1, 0.15) is 19.3 Å². The Labute approximate surface area is 609 Å². The van der Waals surface area contributed by atoms with Gasteiger partial charge < -0.3 is 33.8 Å². The molecule has 0 bridgehead atoms. The van der Waals surface area contributed by atoms with Crippen LogP contribution in [0.25, 0.3) is 0 Å². The molecule has 0 rings (SSSR count). The van der Waals surface area contributed by atoms with Crippen LogP contribution in [0.4, 0.5) is 0 Å². The van der Waals surface area contributed by atoms with Crippen molar-refractivity contribution >= 4 is 39.5 Å². The van der Waals surface area contributed by atoms with Gasteiger partial charge in [-0.05, 0) is 122 Å². The number of phosphoric ester groups is 2. The summed E-state index contributed by atoms with van der Waals surface area (Å²) in [6, 6.07) is 0. The van der Waals surface area contributed by atoms with E-state index < -0.39 is 97.5 Å². The van der Waals surface area contributed by atoms with Gasteiger partial charge in [0.15, 0.2) is 12.2 Å². The Morgan fingerprint density at radius 1 is 0.280 bits per heavy atom. The second-order valence-corrected chi connectivity index (χ2v) is 29.9. The predicted molar refractivity (Wildman–Crippen MR) is 409 cm³/mol. The van der Waals surface area contributed by atoms with Crippen molar-refractivity contribution in [3.63, 3.8) is 0 Å². The van der Waals surface area contributed by atoms with Crippen LogP contribution in [0.15, 0.2) is 72.9 Å². The average Bonchev–Trinajstić information content (AvgIpc) is 1.25. The fourth-order valence-electron chi connectivity index (χ4n) is 11.0. The van der Waals surface area contributed by atoms with Gasteiger partial charge in [0.25, 0.3) is 0 Å². The van der Waals surface area contributed by atoms with Crippen molar-refractivity contribution in [1.29, 1.82) is 0 Å². The zero-order valence-corrected chi connectivity index (χ0v) is 65.4. The van der Waals surface area contributed by atoms with Gasteiger partial charge in [-0.25, -0.2) is 9.13 Å². The van der Waals surface area contributed by atoms with E-state index in [0.717, 1.165) is 154 Å². The first-order valence-corrected chi connectivity index (χ1v) is 43.2. The summed E-state index contributed by atoms with van der Waals surface area (Å²) in [4.78, 5) is 73.0. The lowest BCUT2D eigenvalue weighted by molar-refractivity contribution is -0.161. The Kier molecular flexibility index (Phi) is 71.2. The lowest BCUT2D eigenvalue weighted by Crippen LogP contribution is -2.30. The van der Waals surface area contributed by atoms with Gasteiger partial charge in [-0.1, -0.05) is 287 Å². The van der Waals surface area contributed by atoms with Crippen molar-refractivity contribution in [3.05, 3.63) is 72.9 Å². The molecule has 0 heterocycles. The van der Waals surface area contributed by atoms with Crippen LogP contribution >= 0.6 is 15.6 Å². The Morgan fingerprint density at radius 3 is 0.760 bits per heavy atom. The minimum absolute atomic E-state index is 0.0780. The predicted octanol–water partition coefficient (Wildman–Crippen LogP) is 23.2. The third-order valence-corrected chi connectivity index (χ3v) is 19.0. The zero-order chi connectivity index (χ0) is 73.2. The molecule has 100 heavy (non-hydrogen) atoms. The molecule has 0 aliphatic carbocycles. The Hall–Kier alpha value is -3.50. The largest absolute Gasteiger partial charge is 0.472 e. The molecule has 2 unspecified atom stereocenters. The first-order valence-electron chi connectivity index (χ1n) is 40.2. The molecule has 0 aliphatic heterocycles. The first kappa shape index (κ1) is 96.5. The molecule has 0 saturated heterocycles. The van der Waals surface area contributed by atoms with Crippen molar-refractivity contribution in [2.45, 2.75) is 380 Å². The summed E-state index contributed by atoms with van der Waals surface area (Å²) < 4.78 is 68.6. The molecular weight excluding hydrogens is 1310 g/mol. The number of phosphoric acid groups is 2. The minimum Gasteiger partial charge on any atom is -0.462 e. The SMILES string of the molecule is CCCCC/C=C\C/C=C\CCCCCCCC(=O)O[C@H](COC(=O)CCCCCCC/C=C/C/C=C/CCCCC)COP(=O)(O)OC[C@H](O)COP(=O)(O)OC[C@@H](COC(=O)CCCCCCCCCCCCCCCCC)OC(=O)CCCCCCC/C=C/C/C=C/CCCCC. The van der Waals surface area contributed by atoms with Gasteiger partial charge in [-0.15, -0.1) is 0 Å². The topological polar surface area (TPSA) is 237 Å². The van der Waals surface area contributed by atoms with E-state index in [9.17, 15) is 43.2 Å². The highest BCUT2D eigenvalue weighted by molar-refractivity contribution is 7.47. The van der Waals surface area contributed by atoms with E-state index in [2.05, 4.69) is 101 Å². The van der Waals surface area contributed by atoms with Crippen LogP contribution in [0.2, 0.25) is 0 Å². The van der Waals surface area contributed by atoms with Crippen molar-refractivity contribution in [1.82, 2.24) is 0 Å². The number of carbonyl (C=O) groups excluding carboxylic acids is 4. The third-order valence-electron chi connectivity index (χ3n) is 17.1. The van der Waals surface area contributed by atoms with E-state index in [-0.39, 0.29) is 25.7 Å². The number of aliphatic hydroxyl groups excluding tert-OH is 1. The molecule has 0 aromatic carbocycles. The molecule has 0 aliphatic rings. The molecule has 19 heteroatoms. The van der Waals surface area contributed by atoms with Crippen LogP contribution in [-0.4, -0.2) is 96.7 Å². The number of allylic oxidation sites excluding steroid dienone is 12. The van der Waals surface area contributed by atoms with Gasteiger partial charge in [0.2, 0.25) is 0 Å². The summed E-state index contributed by atoms with van der Waals surface area (Å²) in [6.07, 6.45) is 74.4.